The molecular weight excluding hydrogens is 348 g/mol. The van der Waals surface area contributed by atoms with E-state index in [0.717, 1.165) is 44.0 Å². The number of nitrogens with one attached hydrogen (secondary N) is 1. The second-order valence-electron chi connectivity index (χ2n) is 9.30. The van der Waals surface area contributed by atoms with Crippen molar-refractivity contribution in [3.05, 3.63) is 42.2 Å². The van der Waals surface area contributed by atoms with Crippen LogP contribution in [0.1, 0.15) is 31.2 Å². The molecule has 28 heavy (non-hydrogen) atoms. The van der Waals surface area contributed by atoms with Crippen LogP contribution < -0.4 is 15.1 Å². The zero-order valence-corrected chi connectivity index (χ0v) is 16.3. The van der Waals surface area contributed by atoms with Crippen LogP contribution in [0.15, 0.2) is 36.7 Å². The monoisotopic (exact) mass is 376 g/mol. The first-order valence-electron chi connectivity index (χ1n) is 10.7. The Labute approximate surface area is 166 Å². The molecule has 6 heteroatoms. The van der Waals surface area contributed by atoms with E-state index in [4.69, 9.17) is 4.98 Å². The molecule has 2 atom stereocenters. The average Bonchev–Trinajstić information content (AvgIpc) is 3.09. The van der Waals surface area contributed by atoms with E-state index in [1.165, 1.54) is 44.3 Å². The first-order valence-corrected chi connectivity index (χ1v) is 10.7. The highest BCUT2D eigenvalue weighted by molar-refractivity contribution is 5.47. The number of benzene rings is 1. The van der Waals surface area contributed by atoms with E-state index >= 15 is 0 Å². The SMILES string of the molecule is c1ccc([C@@]23C[C@@H]2CN(c2ncnc(N4CCC5(CCNC5)CC4)n2)C3)cc1. The van der Waals surface area contributed by atoms with Crippen LogP contribution in [0.4, 0.5) is 11.9 Å². The first kappa shape index (κ1) is 16.7. The molecule has 6 rings (SSSR count). The molecule has 1 N–H and O–H groups in total. The first-order chi connectivity index (χ1) is 13.8. The summed E-state index contributed by atoms with van der Waals surface area (Å²) in [6, 6.07) is 11.0. The molecule has 1 aromatic carbocycles. The van der Waals surface area contributed by atoms with Crippen molar-refractivity contribution in [2.75, 3.05) is 49.1 Å². The number of hydrogen-bond acceptors (Lipinski definition) is 6. The highest BCUT2D eigenvalue weighted by Gasteiger charge is 2.61. The van der Waals surface area contributed by atoms with Gasteiger partial charge in [0.05, 0.1) is 0 Å². The average molecular weight is 377 g/mol. The molecule has 4 heterocycles. The lowest BCUT2D eigenvalue weighted by Crippen LogP contribution is -2.42. The van der Waals surface area contributed by atoms with Gasteiger partial charge in [0, 0.05) is 38.1 Å². The maximum atomic E-state index is 4.89. The van der Waals surface area contributed by atoms with Gasteiger partial charge in [0.15, 0.2) is 0 Å². The van der Waals surface area contributed by atoms with Crippen LogP contribution in [0.25, 0.3) is 0 Å². The van der Waals surface area contributed by atoms with Gasteiger partial charge in [-0.1, -0.05) is 30.3 Å². The Morgan fingerprint density at radius 3 is 2.50 bits per heavy atom. The largest absolute Gasteiger partial charge is 0.341 e. The molecule has 3 aliphatic heterocycles. The fourth-order valence-electron chi connectivity index (χ4n) is 5.84. The molecule has 6 nitrogen and oxygen atoms in total. The predicted molar refractivity (Wildman–Crippen MR) is 110 cm³/mol. The minimum Gasteiger partial charge on any atom is -0.341 e. The molecule has 1 aliphatic carbocycles. The Bertz CT molecular complexity index is 854. The number of piperidine rings is 2. The van der Waals surface area contributed by atoms with Gasteiger partial charge in [-0.05, 0) is 49.1 Å². The summed E-state index contributed by atoms with van der Waals surface area (Å²) in [7, 11) is 0. The van der Waals surface area contributed by atoms with Gasteiger partial charge in [-0.2, -0.15) is 4.98 Å². The summed E-state index contributed by atoms with van der Waals surface area (Å²) in [6.07, 6.45) is 6.81. The number of nitrogens with zero attached hydrogens (tertiary/aromatic N) is 5. The number of rotatable bonds is 3. The third-order valence-electron chi connectivity index (χ3n) is 7.76. The molecule has 0 amide bonds. The number of anilines is 2. The van der Waals surface area contributed by atoms with Crippen molar-refractivity contribution in [1.29, 1.82) is 0 Å². The Morgan fingerprint density at radius 1 is 0.964 bits per heavy atom. The van der Waals surface area contributed by atoms with Crippen molar-refractivity contribution in [2.24, 2.45) is 11.3 Å². The minimum absolute atomic E-state index is 0.320. The van der Waals surface area contributed by atoms with Crippen molar-refractivity contribution in [3.63, 3.8) is 0 Å². The van der Waals surface area contributed by atoms with Crippen LogP contribution in [0, 0.1) is 11.3 Å². The Hall–Kier alpha value is -2.21. The number of hydrogen-bond donors (Lipinski definition) is 1. The molecule has 0 bridgehead atoms. The van der Waals surface area contributed by atoms with Crippen molar-refractivity contribution in [1.82, 2.24) is 20.3 Å². The van der Waals surface area contributed by atoms with E-state index in [1.54, 1.807) is 6.33 Å². The summed E-state index contributed by atoms with van der Waals surface area (Å²) in [4.78, 5) is 18.7. The maximum Gasteiger partial charge on any atom is 0.230 e. The van der Waals surface area contributed by atoms with Crippen molar-refractivity contribution >= 4 is 11.9 Å². The zero-order valence-electron chi connectivity index (χ0n) is 16.3. The lowest BCUT2D eigenvalue weighted by atomic mass is 9.78. The van der Waals surface area contributed by atoms with Crippen LogP contribution in [-0.2, 0) is 5.41 Å². The summed E-state index contributed by atoms with van der Waals surface area (Å²) in [6.45, 7) is 6.56. The van der Waals surface area contributed by atoms with Gasteiger partial charge in [-0.25, -0.2) is 9.97 Å². The van der Waals surface area contributed by atoms with Crippen LogP contribution in [-0.4, -0.2) is 54.2 Å². The molecule has 1 spiro atoms. The lowest BCUT2D eigenvalue weighted by molar-refractivity contribution is 0.246. The molecular formula is C22H28N6. The van der Waals surface area contributed by atoms with Crippen LogP contribution in [0.2, 0.25) is 0 Å². The second kappa shape index (κ2) is 6.14. The number of aromatic nitrogens is 3. The lowest BCUT2D eigenvalue weighted by Gasteiger charge is -2.38. The summed E-state index contributed by atoms with van der Waals surface area (Å²) in [5.41, 5.74) is 2.31. The van der Waals surface area contributed by atoms with Gasteiger partial charge in [0.1, 0.15) is 6.33 Å². The predicted octanol–water partition coefficient (Wildman–Crippen LogP) is 2.23. The molecule has 4 fully saturated rings. The van der Waals surface area contributed by atoms with Gasteiger partial charge in [-0.3, -0.25) is 0 Å². The Balaban J connectivity index is 1.17. The van der Waals surface area contributed by atoms with E-state index in [9.17, 15) is 0 Å². The standard InChI is InChI=1S/C22H28N6/c1-2-4-17(5-3-1)22-12-18(22)13-28(15-22)20-25-16-24-19(26-20)27-10-7-21(8-11-27)6-9-23-14-21/h1-5,16,18,23H,6-15H2/t18-,22+/m1/s1. The zero-order chi connectivity index (χ0) is 18.6. The fourth-order valence-corrected chi connectivity index (χ4v) is 5.84. The van der Waals surface area contributed by atoms with Crippen LogP contribution in [0.5, 0.6) is 0 Å². The van der Waals surface area contributed by atoms with E-state index in [2.05, 4.69) is 55.4 Å². The molecule has 4 aliphatic rings. The Kier molecular flexibility index (Phi) is 3.67. The van der Waals surface area contributed by atoms with Crippen molar-refractivity contribution in [3.8, 4) is 0 Å². The summed E-state index contributed by atoms with van der Waals surface area (Å²) in [5.74, 6) is 2.45. The third-order valence-corrected chi connectivity index (χ3v) is 7.76. The van der Waals surface area contributed by atoms with Crippen LogP contribution in [0.3, 0.4) is 0 Å². The van der Waals surface area contributed by atoms with Gasteiger partial charge < -0.3 is 15.1 Å². The van der Waals surface area contributed by atoms with E-state index < -0.39 is 0 Å². The van der Waals surface area contributed by atoms with Gasteiger partial charge in [-0.15, -0.1) is 0 Å². The third kappa shape index (κ3) is 2.61. The summed E-state index contributed by atoms with van der Waals surface area (Å²) >= 11 is 0. The molecule has 0 unspecified atom stereocenters. The molecule has 2 aromatic rings. The highest BCUT2D eigenvalue weighted by atomic mass is 15.4. The van der Waals surface area contributed by atoms with Gasteiger partial charge >= 0.3 is 0 Å². The van der Waals surface area contributed by atoms with E-state index in [-0.39, 0.29) is 0 Å². The Morgan fingerprint density at radius 2 is 1.75 bits per heavy atom. The van der Waals surface area contributed by atoms with Gasteiger partial charge in [0.25, 0.3) is 0 Å². The quantitative estimate of drug-likeness (QED) is 0.887. The minimum atomic E-state index is 0.320. The summed E-state index contributed by atoms with van der Waals surface area (Å²) < 4.78 is 0. The molecule has 146 valence electrons. The topological polar surface area (TPSA) is 57.2 Å². The normalized spacial score (nSPS) is 30.6. The van der Waals surface area contributed by atoms with E-state index in [1.807, 2.05) is 0 Å². The number of fused-ring (bicyclic) bond motifs is 1. The molecule has 1 aromatic heterocycles. The van der Waals surface area contributed by atoms with Crippen molar-refractivity contribution < 1.29 is 0 Å². The second-order valence-corrected chi connectivity index (χ2v) is 9.30. The molecule has 0 radical (unpaired) electrons. The molecule has 3 saturated heterocycles. The highest BCUT2D eigenvalue weighted by Crippen LogP contribution is 2.59. The van der Waals surface area contributed by atoms with E-state index in [0.29, 0.717) is 10.8 Å². The van der Waals surface area contributed by atoms with Crippen LogP contribution >= 0.6 is 0 Å². The fraction of sp³-hybridized carbons (Fsp3) is 0.591. The smallest absolute Gasteiger partial charge is 0.230 e. The maximum absolute atomic E-state index is 4.89. The molecule has 1 saturated carbocycles. The summed E-state index contributed by atoms with van der Waals surface area (Å²) in [5, 5.41) is 3.54. The van der Waals surface area contributed by atoms with Crippen molar-refractivity contribution in [2.45, 2.75) is 31.1 Å². The van der Waals surface area contributed by atoms with Gasteiger partial charge in [0.2, 0.25) is 11.9 Å².